The van der Waals surface area contributed by atoms with Gasteiger partial charge in [0.05, 0.1) is 5.56 Å². The monoisotopic (exact) mass is 256 g/mol. The minimum Gasteiger partial charge on any atom is -0.399 e. The molecule has 0 radical (unpaired) electrons. The molecule has 0 bridgehead atoms. The first-order valence-electron chi connectivity index (χ1n) is 6.14. The van der Waals surface area contributed by atoms with Crippen LogP contribution in [0.15, 0.2) is 43.0 Å². The molecule has 98 valence electrons. The van der Waals surface area contributed by atoms with Crippen LogP contribution in [0.1, 0.15) is 23.7 Å². The molecule has 5 nitrogen and oxygen atoms in total. The van der Waals surface area contributed by atoms with E-state index in [1.54, 1.807) is 17.0 Å². The van der Waals surface area contributed by atoms with Crippen molar-refractivity contribution in [3.63, 3.8) is 0 Å². The van der Waals surface area contributed by atoms with E-state index in [9.17, 15) is 4.79 Å². The fraction of sp³-hybridized carbons (Fsp3) is 0.214. The van der Waals surface area contributed by atoms with Crippen LogP contribution in [0.25, 0.3) is 0 Å². The molecule has 19 heavy (non-hydrogen) atoms. The third-order valence-electron chi connectivity index (χ3n) is 2.68. The molecule has 0 aliphatic heterocycles. The Morgan fingerprint density at radius 2 is 2.05 bits per heavy atom. The number of aromatic nitrogens is 2. The lowest BCUT2D eigenvalue weighted by Gasteiger charge is -2.22. The van der Waals surface area contributed by atoms with Gasteiger partial charge in [0.1, 0.15) is 6.33 Å². The number of benzene rings is 1. The molecule has 0 saturated heterocycles. The average Bonchev–Trinajstić information content (AvgIpc) is 2.45. The standard InChI is InChI=1S/C14H16N4O/c1-2-6-18(13-5-3-4-12(15)7-13)14(19)11-8-16-10-17-9-11/h3-5,7-10H,2,6,15H2,1H3. The zero-order chi connectivity index (χ0) is 13.7. The summed E-state index contributed by atoms with van der Waals surface area (Å²) in [5.41, 5.74) is 7.66. The van der Waals surface area contributed by atoms with Gasteiger partial charge in [-0.2, -0.15) is 0 Å². The van der Waals surface area contributed by atoms with Crippen LogP contribution in [0.5, 0.6) is 0 Å². The van der Waals surface area contributed by atoms with E-state index in [4.69, 9.17) is 5.73 Å². The maximum atomic E-state index is 12.5. The highest BCUT2D eigenvalue weighted by molar-refractivity contribution is 6.05. The summed E-state index contributed by atoms with van der Waals surface area (Å²) in [7, 11) is 0. The minimum atomic E-state index is -0.118. The van der Waals surface area contributed by atoms with Gasteiger partial charge in [0.25, 0.3) is 5.91 Å². The molecular weight excluding hydrogens is 240 g/mol. The summed E-state index contributed by atoms with van der Waals surface area (Å²) in [5.74, 6) is -0.118. The Labute approximate surface area is 112 Å². The first kappa shape index (κ1) is 13.0. The van der Waals surface area contributed by atoms with Gasteiger partial charge in [0.15, 0.2) is 0 Å². The third-order valence-corrected chi connectivity index (χ3v) is 2.68. The Balaban J connectivity index is 2.33. The van der Waals surface area contributed by atoms with Gasteiger partial charge in [-0.15, -0.1) is 0 Å². The van der Waals surface area contributed by atoms with Crippen molar-refractivity contribution in [1.29, 1.82) is 0 Å². The summed E-state index contributed by atoms with van der Waals surface area (Å²) in [6.07, 6.45) is 5.30. The SMILES string of the molecule is CCCN(C(=O)c1cncnc1)c1cccc(N)c1. The summed E-state index contributed by atoms with van der Waals surface area (Å²) in [6.45, 7) is 2.64. The molecule has 2 N–H and O–H groups in total. The maximum absolute atomic E-state index is 12.5. The van der Waals surface area contributed by atoms with Crippen molar-refractivity contribution in [2.24, 2.45) is 0 Å². The topological polar surface area (TPSA) is 72.1 Å². The van der Waals surface area contributed by atoms with Crippen molar-refractivity contribution < 1.29 is 4.79 Å². The van der Waals surface area contributed by atoms with Crippen molar-refractivity contribution in [2.75, 3.05) is 17.2 Å². The number of nitrogens with two attached hydrogens (primary N) is 1. The van der Waals surface area contributed by atoms with E-state index in [1.807, 2.05) is 19.1 Å². The van der Waals surface area contributed by atoms with E-state index in [2.05, 4.69) is 9.97 Å². The third kappa shape index (κ3) is 3.07. The number of amides is 1. The van der Waals surface area contributed by atoms with Crippen LogP contribution in [0.3, 0.4) is 0 Å². The summed E-state index contributed by atoms with van der Waals surface area (Å²) in [4.78, 5) is 21.9. The van der Waals surface area contributed by atoms with E-state index in [-0.39, 0.29) is 5.91 Å². The normalized spacial score (nSPS) is 10.2. The molecular formula is C14H16N4O. The largest absolute Gasteiger partial charge is 0.399 e. The van der Waals surface area contributed by atoms with Gasteiger partial charge in [-0.3, -0.25) is 4.79 Å². The van der Waals surface area contributed by atoms with Gasteiger partial charge in [-0.05, 0) is 24.6 Å². The van der Waals surface area contributed by atoms with Gasteiger partial charge in [0, 0.05) is 30.3 Å². The van der Waals surface area contributed by atoms with E-state index < -0.39 is 0 Å². The molecule has 0 saturated carbocycles. The molecule has 0 aliphatic carbocycles. The van der Waals surface area contributed by atoms with Crippen LogP contribution in [-0.2, 0) is 0 Å². The van der Waals surface area contributed by atoms with Gasteiger partial charge in [0.2, 0.25) is 0 Å². The minimum absolute atomic E-state index is 0.118. The fourth-order valence-corrected chi connectivity index (χ4v) is 1.83. The quantitative estimate of drug-likeness (QED) is 0.850. The molecule has 0 spiro atoms. The summed E-state index contributed by atoms with van der Waals surface area (Å²) < 4.78 is 0. The number of anilines is 2. The highest BCUT2D eigenvalue weighted by atomic mass is 16.2. The van der Waals surface area contributed by atoms with Gasteiger partial charge < -0.3 is 10.6 Å². The van der Waals surface area contributed by atoms with Crippen LogP contribution in [0.4, 0.5) is 11.4 Å². The lowest BCUT2D eigenvalue weighted by atomic mass is 10.2. The molecule has 0 fully saturated rings. The van der Waals surface area contributed by atoms with Crippen LogP contribution >= 0.6 is 0 Å². The molecule has 1 heterocycles. The molecule has 5 heteroatoms. The smallest absolute Gasteiger partial charge is 0.261 e. The number of nitrogens with zero attached hydrogens (tertiary/aromatic N) is 3. The number of rotatable bonds is 4. The Bertz CT molecular complexity index is 556. The Kier molecular flexibility index (Phi) is 4.07. The Morgan fingerprint density at radius 1 is 1.32 bits per heavy atom. The van der Waals surface area contributed by atoms with Crippen molar-refractivity contribution in [3.05, 3.63) is 48.5 Å². The number of carbonyl (C=O) groups is 1. The van der Waals surface area contributed by atoms with Crippen molar-refractivity contribution in [2.45, 2.75) is 13.3 Å². The van der Waals surface area contributed by atoms with E-state index in [0.717, 1.165) is 12.1 Å². The zero-order valence-electron chi connectivity index (χ0n) is 10.8. The summed E-state index contributed by atoms with van der Waals surface area (Å²) >= 11 is 0. The molecule has 1 amide bonds. The van der Waals surface area contributed by atoms with E-state index >= 15 is 0 Å². The first-order chi connectivity index (χ1) is 9.22. The molecule has 2 aromatic rings. The lowest BCUT2D eigenvalue weighted by molar-refractivity contribution is 0.0986. The summed E-state index contributed by atoms with van der Waals surface area (Å²) in [6, 6.07) is 7.29. The van der Waals surface area contributed by atoms with Crippen LogP contribution in [-0.4, -0.2) is 22.4 Å². The maximum Gasteiger partial charge on any atom is 0.261 e. The van der Waals surface area contributed by atoms with Gasteiger partial charge >= 0.3 is 0 Å². The highest BCUT2D eigenvalue weighted by Crippen LogP contribution is 2.19. The molecule has 0 atom stereocenters. The number of hydrogen-bond donors (Lipinski definition) is 1. The average molecular weight is 256 g/mol. The predicted molar refractivity (Wildman–Crippen MR) is 74.9 cm³/mol. The van der Waals surface area contributed by atoms with Crippen LogP contribution in [0, 0.1) is 0 Å². The molecule has 0 aliphatic rings. The van der Waals surface area contributed by atoms with Crippen molar-refractivity contribution >= 4 is 17.3 Å². The Morgan fingerprint density at radius 3 is 2.68 bits per heavy atom. The van der Waals surface area contributed by atoms with Crippen molar-refractivity contribution in [1.82, 2.24) is 9.97 Å². The Hall–Kier alpha value is -2.43. The number of nitrogen functional groups attached to an aromatic ring is 1. The highest BCUT2D eigenvalue weighted by Gasteiger charge is 2.17. The van der Waals surface area contributed by atoms with Crippen molar-refractivity contribution in [3.8, 4) is 0 Å². The summed E-state index contributed by atoms with van der Waals surface area (Å²) in [5, 5.41) is 0. The molecule has 2 rings (SSSR count). The van der Waals surface area contributed by atoms with Crippen LogP contribution in [0.2, 0.25) is 0 Å². The second-order valence-corrected chi connectivity index (χ2v) is 4.18. The number of carbonyl (C=O) groups excluding carboxylic acids is 1. The van der Waals surface area contributed by atoms with E-state index in [1.165, 1.54) is 18.7 Å². The second-order valence-electron chi connectivity index (χ2n) is 4.18. The zero-order valence-corrected chi connectivity index (χ0v) is 10.8. The first-order valence-corrected chi connectivity index (χ1v) is 6.14. The predicted octanol–water partition coefficient (Wildman–Crippen LogP) is 2.12. The number of hydrogen-bond acceptors (Lipinski definition) is 4. The fourth-order valence-electron chi connectivity index (χ4n) is 1.83. The van der Waals surface area contributed by atoms with Crippen LogP contribution < -0.4 is 10.6 Å². The van der Waals surface area contributed by atoms with E-state index in [0.29, 0.717) is 17.8 Å². The second kappa shape index (κ2) is 5.95. The molecule has 1 aromatic heterocycles. The van der Waals surface area contributed by atoms with Gasteiger partial charge in [-0.1, -0.05) is 13.0 Å². The molecule has 1 aromatic carbocycles. The lowest BCUT2D eigenvalue weighted by Crippen LogP contribution is -2.31. The molecule has 0 unspecified atom stereocenters. The van der Waals surface area contributed by atoms with Gasteiger partial charge in [-0.25, -0.2) is 9.97 Å².